The Morgan fingerprint density at radius 1 is 1.37 bits per heavy atom. The second kappa shape index (κ2) is 6.21. The molecule has 1 unspecified atom stereocenters. The van der Waals surface area contributed by atoms with Crippen LogP contribution in [0.3, 0.4) is 0 Å². The maximum absolute atomic E-state index is 11.9. The van der Waals surface area contributed by atoms with E-state index in [0.29, 0.717) is 0 Å². The van der Waals surface area contributed by atoms with E-state index in [1.165, 1.54) is 0 Å². The number of hydrogen-bond acceptors (Lipinski definition) is 4. The molecule has 4 nitrogen and oxygen atoms in total. The van der Waals surface area contributed by atoms with Crippen molar-refractivity contribution in [2.24, 2.45) is 0 Å². The Bertz CT molecular complexity index is 595. The number of benzene rings is 1. The minimum Gasteiger partial charge on any atom is -0.306 e. The van der Waals surface area contributed by atoms with Gasteiger partial charge < -0.3 is 4.90 Å². The molecule has 19 heavy (non-hydrogen) atoms. The topological polar surface area (TPSA) is 46.1 Å². The number of rotatable bonds is 5. The molecule has 0 radical (unpaired) electrons. The molecule has 0 saturated heterocycles. The van der Waals surface area contributed by atoms with Gasteiger partial charge in [-0.25, -0.2) is 0 Å². The molecule has 5 heteroatoms. The van der Waals surface area contributed by atoms with Crippen LogP contribution in [0.5, 0.6) is 0 Å². The first-order valence-corrected chi connectivity index (χ1v) is 7.94. The summed E-state index contributed by atoms with van der Waals surface area (Å²) in [5.41, 5.74) is 1.94. The molecule has 0 aliphatic heterocycles. The van der Waals surface area contributed by atoms with Crippen molar-refractivity contribution in [3.63, 3.8) is 0 Å². The van der Waals surface area contributed by atoms with Crippen LogP contribution in [0.15, 0.2) is 29.3 Å². The molecule has 0 bridgehead atoms. The maximum Gasteiger partial charge on any atom is 0.0944 e. The van der Waals surface area contributed by atoms with E-state index >= 15 is 0 Å². The quantitative estimate of drug-likeness (QED) is 0.837. The van der Waals surface area contributed by atoms with E-state index in [1.807, 2.05) is 18.2 Å². The summed E-state index contributed by atoms with van der Waals surface area (Å²) in [5.74, 6) is 0. The highest BCUT2D eigenvalue weighted by Crippen LogP contribution is 2.23. The number of aromatic nitrogens is 2. The summed E-state index contributed by atoms with van der Waals surface area (Å²) in [5, 5.41) is 9.19. The Kier molecular flexibility index (Phi) is 4.61. The highest BCUT2D eigenvalue weighted by Gasteiger charge is 2.11. The van der Waals surface area contributed by atoms with Gasteiger partial charge in [0, 0.05) is 23.1 Å². The van der Waals surface area contributed by atoms with Crippen LogP contribution in [-0.4, -0.2) is 45.7 Å². The Morgan fingerprint density at radius 3 is 2.84 bits per heavy atom. The molecule has 2 rings (SSSR count). The fraction of sp³-hybridized carbons (Fsp3) is 0.429. The average molecular weight is 277 g/mol. The van der Waals surface area contributed by atoms with E-state index in [0.717, 1.165) is 40.9 Å². The van der Waals surface area contributed by atoms with Crippen LogP contribution >= 0.6 is 0 Å². The summed E-state index contributed by atoms with van der Waals surface area (Å²) < 4.78 is 11.9. The van der Waals surface area contributed by atoms with Crippen LogP contribution in [0, 0.1) is 0 Å². The van der Waals surface area contributed by atoms with Gasteiger partial charge in [0.1, 0.15) is 0 Å². The Labute approximate surface area is 116 Å². The fourth-order valence-corrected chi connectivity index (χ4v) is 2.84. The lowest BCUT2D eigenvalue weighted by molar-refractivity contribution is 0.358. The van der Waals surface area contributed by atoms with Crippen molar-refractivity contribution in [1.82, 2.24) is 15.1 Å². The predicted octanol–water partition coefficient (Wildman–Crippen LogP) is 1.86. The van der Waals surface area contributed by atoms with E-state index in [2.05, 4.69) is 29.1 Å². The van der Waals surface area contributed by atoms with Crippen molar-refractivity contribution in [3.05, 3.63) is 30.0 Å². The van der Waals surface area contributed by atoms with Crippen molar-refractivity contribution >= 4 is 21.7 Å². The van der Waals surface area contributed by atoms with E-state index in [1.54, 1.807) is 12.5 Å². The van der Waals surface area contributed by atoms with E-state index in [-0.39, 0.29) is 0 Å². The van der Waals surface area contributed by atoms with Crippen LogP contribution in [0.25, 0.3) is 10.9 Å². The van der Waals surface area contributed by atoms with Gasteiger partial charge in [-0.3, -0.25) is 4.21 Å². The van der Waals surface area contributed by atoms with Crippen LogP contribution in [0.1, 0.15) is 12.5 Å². The first kappa shape index (κ1) is 14.1. The van der Waals surface area contributed by atoms with E-state index in [4.69, 9.17) is 0 Å². The van der Waals surface area contributed by atoms with Gasteiger partial charge in [-0.05, 0) is 37.7 Å². The highest BCUT2D eigenvalue weighted by atomic mass is 32.2. The zero-order valence-electron chi connectivity index (χ0n) is 11.6. The summed E-state index contributed by atoms with van der Waals surface area (Å²) in [6, 6.07) is 5.72. The minimum absolute atomic E-state index is 0.823. The molecule has 0 amide bonds. The molecule has 0 spiro atoms. The van der Waals surface area contributed by atoms with Gasteiger partial charge in [-0.1, -0.05) is 13.0 Å². The lowest BCUT2D eigenvalue weighted by Gasteiger charge is -2.14. The molecule has 0 N–H and O–H groups in total. The average Bonchev–Trinajstić information content (AvgIpc) is 2.43. The van der Waals surface area contributed by atoms with Gasteiger partial charge in [-0.15, -0.1) is 0 Å². The van der Waals surface area contributed by atoms with Crippen molar-refractivity contribution in [3.8, 4) is 0 Å². The van der Waals surface area contributed by atoms with Gasteiger partial charge in [-0.2, -0.15) is 10.2 Å². The molecule has 0 saturated carbocycles. The molecule has 1 heterocycles. The van der Waals surface area contributed by atoms with E-state index in [9.17, 15) is 4.21 Å². The normalized spacial score (nSPS) is 13.1. The molecule has 1 aromatic carbocycles. The van der Waals surface area contributed by atoms with Crippen molar-refractivity contribution in [2.45, 2.75) is 18.2 Å². The summed E-state index contributed by atoms with van der Waals surface area (Å²) in [7, 11) is 1.08. The molecule has 1 aromatic heterocycles. The van der Waals surface area contributed by atoms with Crippen LogP contribution < -0.4 is 0 Å². The molecule has 0 aliphatic carbocycles. The minimum atomic E-state index is -1.01. The van der Waals surface area contributed by atoms with Gasteiger partial charge in [0.15, 0.2) is 0 Å². The van der Waals surface area contributed by atoms with Crippen LogP contribution in [0.2, 0.25) is 0 Å². The van der Waals surface area contributed by atoms with Crippen molar-refractivity contribution in [2.75, 3.05) is 26.4 Å². The second-order valence-electron chi connectivity index (χ2n) is 4.62. The molecule has 2 aromatic rings. The monoisotopic (exact) mass is 277 g/mol. The lowest BCUT2D eigenvalue weighted by atomic mass is 10.1. The molecule has 102 valence electrons. The standard InChI is InChI=1S/C14H19N3OS/c1-4-17(2)9-8-11-10-15-16-12-6-5-7-13(14(11)12)19(3)18/h5-7,10H,4,8-9H2,1-3H3. The van der Waals surface area contributed by atoms with Gasteiger partial charge >= 0.3 is 0 Å². The van der Waals surface area contributed by atoms with Gasteiger partial charge in [0.05, 0.1) is 22.5 Å². The first-order chi connectivity index (χ1) is 9.13. The first-order valence-electron chi connectivity index (χ1n) is 6.38. The maximum atomic E-state index is 11.9. The smallest absolute Gasteiger partial charge is 0.0944 e. The molecular formula is C14H19N3OS. The third kappa shape index (κ3) is 3.16. The SMILES string of the molecule is CCN(C)CCc1cnnc2cccc(S(C)=O)c12. The number of nitrogens with zero attached hydrogens (tertiary/aromatic N) is 3. The molecule has 0 fully saturated rings. The molecule has 0 aliphatic rings. The van der Waals surface area contributed by atoms with Crippen LogP contribution in [-0.2, 0) is 17.2 Å². The fourth-order valence-electron chi connectivity index (χ4n) is 2.05. The zero-order chi connectivity index (χ0) is 13.8. The van der Waals surface area contributed by atoms with Gasteiger partial charge in [0.25, 0.3) is 0 Å². The number of fused-ring (bicyclic) bond motifs is 1. The van der Waals surface area contributed by atoms with Gasteiger partial charge in [0.2, 0.25) is 0 Å². The number of likely N-dealkylation sites (N-methyl/N-ethyl adjacent to an activating group) is 1. The number of hydrogen-bond donors (Lipinski definition) is 0. The zero-order valence-corrected chi connectivity index (χ0v) is 12.4. The second-order valence-corrected chi connectivity index (χ2v) is 5.97. The Hall–Kier alpha value is -1.33. The summed E-state index contributed by atoms with van der Waals surface area (Å²) in [6.07, 6.45) is 4.39. The van der Waals surface area contributed by atoms with Crippen LogP contribution in [0.4, 0.5) is 0 Å². The predicted molar refractivity (Wildman–Crippen MR) is 78.7 cm³/mol. The van der Waals surface area contributed by atoms with E-state index < -0.39 is 10.8 Å². The summed E-state index contributed by atoms with van der Waals surface area (Å²) in [4.78, 5) is 3.10. The molecular weight excluding hydrogens is 258 g/mol. The summed E-state index contributed by atoms with van der Waals surface area (Å²) >= 11 is 0. The largest absolute Gasteiger partial charge is 0.306 e. The Morgan fingerprint density at radius 2 is 2.16 bits per heavy atom. The third-order valence-electron chi connectivity index (χ3n) is 3.32. The molecule has 1 atom stereocenters. The van der Waals surface area contributed by atoms with Crippen molar-refractivity contribution in [1.29, 1.82) is 0 Å². The lowest BCUT2D eigenvalue weighted by Crippen LogP contribution is -2.20. The highest BCUT2D eigenvalue weighted by molar-refractivity contribution is 7.84. The Balaban J connectivity index is 2.45. The third-order valence-corrected chi connectivity index (χ3v) is 4.28. The van der Waals surface area contributed by atoms with Crippen molar-refractivity contribution < 1.29 is 4.21 Å². The summed E-state index contributed by atoms with van der Waals surface area (Å²) in [6.45, 7) is 4.11.